The van der Waals surface area contributed by atoms with Gasteiger partial charge in [-0.2, -0.15) is 0 Å². The summed E-state index contributed by atoms with van der Waals surface area (Å²) in [6, 6.07) is 7.61. The molecule has 2 aliphatic heterocycles. The van der Waals surface area contributed by atoms with Crippen molar-refractivity contribution in [1.29, 1.82) is 0 Å². The van der Waals surface area contributed by atoms with Gasteiger partial charge in [-0.05, 0) is 49.7 Å². The molecular formula is C22H29N7O2. The highest BCUT2D eigenvalue weighted by molar-refractivity contribution is 5.94. The van der Waals surface area contributed by atoms with Crippen LogP contribution in [0.25, 0.3) is 0 Å². The Kier molecular flexibility index (Phi) is 6.43. The number of carbonyl (C=O) groups is 2. The normalized spacial score (nSPS) is 18.9. The molecule has 2 fully saturated rings. The molecule has 0 aliphatic carbocycles. The van der Waals surface area contributed by atoms with Crippen LogP contribution in [0, 0.1) is 6.92 Å². The van der Waals surface area contributed by atoms with Crippen molar-refractivity contribution >= 4 is 23.3 Å². The smallest absolute Gasteiger partial charge is 0.269 e. The summed E-state index contributed by atoms with van der Waals surface area (Å²) < 4.78 is 0. The minimum atomic E-state index is -0.170. The molecule has 1 atom stereocenters. The molecule has 3 N–H and O–H groups in total. The standard InChI is InChI=1S/C22H29N7O2/c1-15-19(4-3-18(26-15)21(30)23-2)29-11-9-28(10-12-29)14-16-5-7-25-20(13-16)27-22(31)17-6-8-24-17/h3-5,7,13,17,24H,6,8-12,14H2,1-2H3,(H,23,30)(H,25,27,31). The van der Waals surface area contributed by atoms with Gasteiger partial charge in [-0.15, -0.1) is 0 Å². The van der Waals surface area contributed by atoms with E-state index in [1.807, 2.05) is 25.1 Å². The van der Waals surface area contributed by atoms with Gasteiger partial charge < -0.3 is 20.9 Å². The molecule has 164 valence electrons. The van der Waals surface area contributed by atoms with Crippen LogP contribution in [0.5, 0.6) is 0 Å². The van der Waals surface area contributed by atoms with Crippen molar-refractivity contribution in [3.63, 3.8) is 0 Å². The molecule has 2 aliphatic rings. The molecule has 2 aromatic rings. The van der Waals surface area contributed by atoms with E-state index in [1.165, 1.54) is 0 Å². The van der Waals surface area contributed by atoms with Crippen LogP contribution in [0.1, 0.15) is 28.2 Å². The van der Waals surface area contributed by atoms with E-state index in [4.69, 9.17) is 0 Å². The van der Waals surface area contributed by atoms with Crippen LogP contribution >= 0.6 is 0 Å². The van der Waals surface area contributed by atoms with Crippen LogP contribution in [0.3, 0.4) is 0 Å². The third-order valence-electron chi connectivity index (χ3n) is 5.85. The number of hydrogen-bond donors (Lipinski definition) is 3. The molecular weight excluding hydrogens is 394 g/mol. The molecule has 2 aromatic heterocycles. The lowest BCUT2D eigenvalue weighted by Gasteiger charge is -2.36. The van der Waals surface area contributed by atoms with Gasteiger partial charge >= 0.3 is 0 Å². The van der Waals surface area contributed by atoms with Crippen molar-refractivity contribution in [1.82, 2.24) is 25.5 Å². The van der Waals surface area contributed by atoms with E-state index < -0.39 is 0 Å². The van der Waals surface area contributed by atoms with E-state index in [0.29, 0.717) is 11.5 Å². The van der Waals surface area contributed by atoms with Crippen LogP contribution in [-0.4, -0.2) is 72.5 Å². The van der Waals surface area contributed by atoms with Crippen LogP contribution in [0.15, 0.2) is 30.5 Å². The van der Waals surface area contributed by atoms with E-state index in [1.54, 1.807) is 19.3 Å². The number of pyridine rings is 2. The predicted octanol–water partition coefficient (Wildman–Crippen LogP) is 0.767. The van der Waals surface area contributed by atoms with E-state index in [-0.39, 0.29) is 17.9 Å². The molecule has 0 radical (unpaired) electrons. The van der Waals surface area contributed by atoms with Gasteiger partial charge in [-0.25, -0.2) is 9.97 Å². The Morgan fingerprint density at radius 2 is 1.97 bits per heavy atom. The number of rotatable bonds is 6. The zero-order valence-electron chi connectivity index (χ0n) is 18.0. The second-order valence-electron chi connectivity index (χ2n) is 7.98. The average molecular weight is 424 g/mol. The van der Waals surface area contributed by atoms with Crippen molar-refractivity contribution in [2.45, 2.75) is 25.9 Å². The number of aromatic nitrogens is 2. The summed E-state index contributed by atoms with van der Waals surface area (Å²) in [5.74, 6) is 0.417. The van der Waals surface area contributed by atoms with Gasteiger partial charge in [0, 0.05) is 46.0 Å². The van der Waals surface area contributed by atoms with E-state index in [9.17, 15) is 9.59 Å². The molecule has 9 nitrogen and oxygen atoms in total. The molecule has 2 saturated heterocycles. The molecule has 0 bridgehead atoms. The van der Waals surface area contributed by atoms with Gasteiger partial charge in [0.15, 0.2) is 0 Å². The molecule has 4 rings (SSSR count). The minimum Gasteiger partial charge on any atom is -0.368 e. The summed E-state index contributed by atoms with van der Waals surface area (Å²) in [6.45, 7) is 7.28. The number of amides is 2. The number of piperazine rings is 1. The highest BCUT2D eigenvalue weighted by atomic mass is 16.2. The highest BCUT2D eigenvalue weighted by Crippen LogP contribution is 2.21. The molecule has 4 heterocycles. The third kappa shape index (κ3) is 5.00. The highest BCUT2D eigenvalue weighted by Gasteiger charge is 2.25. The van der Waals surface area contributed by atoms with Gasteiger partial charge in [0.2, 0.25) is 5.91 Å². The predicted molar refractivity (Wildman–Crippen MR) is 119 cm³/mol. The maximum Gasteiger partial charge on any atom is 0.269 e. The number of nitrogens with one attached hydrogen (secondary N) is 3. The Morgan fingerprint density at radius 1 is 1.19 bits per heavy atom. The zero-order chi connectivity index (χ0) is 21.8. The Balaban J connectivity index is 1.32. The Morgan fingerprint density at radius 3 is 2.61 bits per heavy atom. The zero-order valence-corrected chi connectivity index (χ0v) is 18.0. The van der Waals surface area contributed by atoms with Crippen LogP contribution < -0.4 is 20.9 Å². The van der Waals surface area contributed by atoms with Crippen LogP contribution in [0.2, 0.25) is 0 Å². The summed E-state index contributed by atoms with van der Waals surface area (Å²) in [5.41, 5.74) is 3.51. The molecule has 2 amide bonds. The fraction of sp³-hybridized carbons (Fsp3) is 0.455. The largest absolute Gasteiger partial charge is 0.368 e. The number of hydrogen-bond acceptors (Lipinski definition) is 7. The first-order valence-corrected chi connectivity index (χ1v) is 10.7. The number of nitrogens with zero attached hydrogens (tertiary/aromatic N) is 4. The molecule has 0 saturated carbocycles. The van der Waals surface area contributed by atoms with Crippen molar-refractivity contribution in [2.75, 3.05) is 50.0 Å². The first kappa shape index (κ1) is 21.2. The number of aryl methyl sites for hydroxylation is 1. The van der Waals surface area contributed by atoms with Gasteiger partial charge in [0.05, 0.1) is 17.4 Å². The monoisotopic (exact) mass is 423 g/mol. The molecule has 31 heavy (non-hydrogen) atoms. The maximum atomic E-state index is 12.1. The first-order chi connectivity index (χ1) is 15.0. The number of carbonyl (C=O) groups excluding carboxylic acids is 2. The summed E-state index contributed by atoms with van der Waals surface area (Å²) in [7, 11) is 1.61. The Bertz CT molecular complexity index is 953. The van der Waals surface area contributed by atoms with Crippen molar-refractivity contribution in [3.05, 3.63) is 47.4 Å². The maximum absolute atomic E-state index is 12.1. The molecule has 9 heteroatoms. The lowest BCUT2D eigenvalue weighted by molar-refractivity contribution is -0.119. The second-order valence-corrected chi connectivity index (χ2v) is 7.98. The van der Waals surface area contributed by atoms with E-state index in [2.05, 4.69) is 35.7 Å². The Hall–Kier alpha value is -3.04. The summed E-state index contributed by atoms with van der Waals surface area (Å²) in [4.78, 5) is 37.3. The summed E-state index contributed by atoms with van der Waals surface area (Å²) in [5, 5.41) is 8.61. The minimum absolute atomic E-state index is 0.0177. The SMILES string of the molecule is CNC(=O)c1ccc(N2CCN(Cc3ccnc(NC(=O)C4CCN4)c3)CC2)c(C)n1. The van der Waals surface area contributed by atoms with Gasteiger partial charge in [0.1, 0.15) is 11.5 Å². The third-order valence-corrected chi connectivity index (χ3v) is 5.85. The van der Waals surface area contributed by atoms with Gasteiger partial charge in [-0.3, -0.25) is 14.5 Å². The van der Waals surface area contributed by atoms with Crippen molar-refractivity contribution in [3.8, 4) is 0 Å². The van der Waals surface area contributed by atoms with E-state index >= 15 is 0 Å². The summed E-state index contributed by atoms with van der Waals surface area (Å²) >= 11 is 0. The average Bonchev–Trinajstić information content (AvgIpc) is 2.73. The molecule has 0 spiro atoms. The van der Waals surface area contributed by atoms with E-state index in [0.717, 1.165) is 62.6 Å². The molecule has 0 aromatic carbocycles. The lowest BCUT2D eigenvalue weighted by atomic mass is 10.1. The fourth-order valence-corrected chi connectivity index (χ4v) is 3.91. The van der Waals surface area contributed by atoms with Crippen molar-refractivity contribution < 1.29 is 9.59 Å². The first-order valence-electron chi connectivity index (χ1n) is 10.7. The van der Waals surface area contributed by atoms with Crippen molar-refractivity contribution in [2.24, 2.45) is 0 Å². The van der Waals surface area contributed by atoms with Crippen LogP contribution in [-0.2, 0) is 11.3 Å². The Labute approximate surface area is 182 Å². The second kappa shape index (κ2) is 9.40. The quantitative estimate of drug-likeness (QED) is 0.631. The number of anilines is 2. The van der Waals surface area contributed by atoms with Gasteiger partial charge in [0.25, 0.3) is 5.91 Å². The van der Waals surface area contributed by atoms with Gasteiger partial charge in [-0.1, -0.05) is 0 Å². The topological polar surface area (TPSA) is 102 Å². The lowest BCUT2D eigenvalue weighted by Crippen LogP contribution is -2.50. The summed E-state index contributed by atoms with van der Waals surface area (Å²) in [6.07, 6.45) is 2.62. The van der Waals surface area contributed by atoms with Crippen LogP contribution in [0.4, 0.5) is 11.5 Å². The molecule has 1 unspecified atom stereocenters. The fourth-order valence-electron chi connectivity index (χ4n) is 3.91.